The predicted molar refractivity (Wildman–Crippen MR) is 383 cm³/mol. The summed E-state index contributed by atoms with van der Waals surface area (Å²) in [7, 11) is 0. The molecule has 0 unspecified atom stereocenters. The molecule has 0 heterocycles. The van der Waals surface area contributed by atoms with Gasteiger partial charge in [-0.1, -0.05) is 376 Å². The van der Waals surface area contributed by atoms with E-state index in [2.05, 4.69) is 376 Å². The van der Waals surface area contributed by atoms with Crippen LogP contribution in [0.15, 0.2) is 376 Å². The van der Waals surface area contributed by atoms with Crippen molar-refractivity contribution in [3.8, 4) is 156 Å². The second kappa shape index (κ2) is 25.0. The van der Waals surface area contributed by atoms with E-state index in [1.807, 2.05) is 0 Å². The van der Waals surface area contributed by atoms with Gasteiger partial charge < -0.3 is 0 Å². The van der Waals surface area contributed by atoms with Crippen LogP contribution >= 0.6 is 0 Å². The first-order valence-corrected chi connectivity index (χ1v) is 31.1. The van der Waals surface area contributed by atoms with E-state index in [1.54, 1.807) is 0 Å². The predicted octanol–water partition coefficient (Wildman–Crippen LogP) is 25.0. The molecule has 0 spiro atoms. The Morgan fingerprint density at radius 1 is 0.0667 bits per heavy atom. The molecule has 422 valence electrons. The second-order valence-electron chi connectivity index (χ2n) is 22.9. The molecule has 15 rings (SSSR count). The molecule has 0 N–H and O–H groups in total. The van der Waals surface area contributed by atoms with Crippen LogP contribution in [-0.4, -0.2) is 0 Å². The van der Waals surface area contributed by atoms with Gasteiger partial charge in [-0.25, -0.2) is 0 Å². The molecule has 15 aromatic carbocycles. The lowest BCUT2D eigenvalue weighted by Crippen LogP contribution is -2.03. The van der Waals surface area contributed by atoms with Gasteiger partial charge in [-0.05, 0) is 156 Å². The Hall–Kier alpha value is -11.7. The maximum atomic E-state index is 2.41. The van der Waals surface area contributed by atoms with E-state index in [4.69, 9.17) is 0 Å². The first-order valence-electron chi connectivity index (χ1n) is 31.1. The molecule has 0 heteroatoms. The normalized spacial score (nSPS) is 11.1. The van der Waals surface area contributed by atoms with Crippen molar-refractivity contribution in [2.24, 2.45) is 0 Å². The highest BCUT2D eigenvalue weighted by Crippen LogP contribution is 2.59. The molecule has 0 saturated heterocycles. The van der Waals surface area contributed by atoms with Crippen LogP contribution in [-0.2, 0) is 0 Å². The Bertz CT molecular complexity index is 4580. The molecule has 0 saturated carbocycles. The zero-order chi connectivity index (χ0) is 60.0. The highest BCUT2D eigenvalue weighted by Gasteiger charge is 2.32. The lowest BCUT2D eigenvalue weighted by Gasteiger charge is -2.30. The first kappa shape index (κ1) is 54.9. The van der Waals surface area contributed by atoms with Crippen LogP contribution in [0, 0.1) is 0 Å². The SMILES string of the molecule is c1ccc(-c2ccc(-c3c(-c4ccccc4)c(-c4ccccc4)c(-c4ccccc4)c(-c4ccccc4)c3-c3ccc(-c4c(-c5ccccc5)c(-c5ccccc5)c(-c5ccccc5)c(-c5ccccc5)c4-c4ccc(-c5ccccc5)cc4)cc3)cc2)cc1. The Kier molecular flexibility index (Phi) is 15.2. The fourth-order valence-electron chi connectivity index (χ4n) is 13.5. The molecular weight excluding hydrogens is 1080 g/mol. The van der Waals surface area contributed by atoms with E-state index < -0.39 is 0 Å². The first-order chi connectivity index (χ1) is 44.7. The van der Waals surface area contributed by atoms with Gasteiger partial charge in [0.05, 0.1) is 0 Å². The molecule has 0 atom stereocenters. The summed E-state index contributed by atoms with van der Waals surface area (Å²) >= 11 is 0. The molecule has 0 aliphatic carbocycles. The Balaban J connectivity index is 1.10. The van der Waals surface area contributed by atoms with Crippen LogP contribution in [0.2, 0.25) is 0 Å². The molecule has 90 heavy (non-hydrogen) atoms. The van der Waals surface area contributed by atoms with E-state index >= 15 is 0 Å². The van der Waals surface area contributed by atoms with Crippen molar-refractivity contribution in [3.05, 3.63) is 376 Å². The topological polar surface area (TPSA) is 0 Å². The molecule has 0 amide bonds. The van der Waals surface area contributed by atoms with E-state index in [0.29, 0.717) is 0 Å². The third-order valence-electron chi connectivity index (χ3n) is 17.5. The summed E-state index contributed by atoms with van der Waals surface area (Å²) in [4.78, 5) is 0. The van der Waals surface area contributed by atoms with Crippen LogP contribution in [0.4, 0.5) is 0 Å². The summed E-state index contributed by atoms with van der Waals surface area (Å²) in [5.74, 6) is 0. The standard InChI is InChI=1S/C90H62/c1-11-31-63(32-12-1)65-51-55-75(56-52-65)87-83(71-43-23-7-24-44-71)79(67-35-15-3-16-36-67)81(69-39-19-5-20-40-69)85(73-47-27-9-28-48-73)89(87)77-59-61-78(62-60-77)90-86(74-49-29-10-30-50-74)82(70-41-21-6-22-42-70)80(68-37-17-4-18-38-68)84(72-45-25-8-26-46-72)88(90)76-57-53-66(54-58-76)64-33-13-2-14-34-64/h1-62H. The van der Waals surface area contributed by atoms with Crippen molar-refractivity contribution < 1.29 is 0 Å². The van der Waals surface area contributed by atoms with Gasteiger partial charge in [-0.15, -0.1) is 0 Å². The van der Waals surface area contributed by atoms with E-state index in [1.165, 1.54) is 77.9 Å². The van der Waals surface area contributed by atoms with Gasteiger partial charge >= 0.3 is 0 Å². The summed E-state index contributed by atoms with van der Waals surface area (Å²) in [6.07, 6.45) is 0. The molecular formula is C90H62. The molecule has 0 radical (unpaired) electrons. The van der Waals surface area contributed by atoms with Gasteiger partial charge in [0.15, 0.2) is 0 Å². The number of hydrogen-bond donors (Lipinski definition) is 0. The summed E-state index contributed by atoms with van der Waals surface area (Å²) < 4.78 is 0. The number of hydrogen-bond acceptors (Lipinski definition) is 0. The highest BCUT2D eigenvalue weighted by molar-refractivity contribution is 6.17. The zero-order valence-electron chi connectivity index (χ0n) is 49.8. The maximum Gasteiger partial charge on any atom is -0.00139 e. The molecule has 0 bridgehead atoms. The molecule has 15 aromatic rings. The minimum atomic E-state index is 1.11. The summed E-state index contributed by atoms with van der Waals surface area (Å²) in [5, 5.41) is 0. The van der Waals surface area contributed by atoms with Crippen LogP contribution in [0.3, 0.4) is 0 Å². The smallest absolute Gasteiger partial charge is 0.00139 e. The van der Waals surface area contributed by atoms with Crippen molar-refractivity contribution >= 4 is 0 Å². The number of rotatable bonds is 14. The van der Waals surface area contributed by atoms with E-state index in [0.717, 1.165) is 77.9 Å². The van der Waals surface area contributed by atoms with Gasteiger partial charge in [0.2, 0.25) is 0 Å². The molecule has 0 fully saturated rings. The maximum absolute atomic E-state index is 2.41. The fraction of sp³-hybridized carbons (Fsp3) is 0. The lowest BCUT2D eigenvalue weighted by molar-refractivity contribution is 1.50. The number of benzene rings is 15. The lowest BCUT2D eigenvalue weighted by atomic mass is 9.73. The van der Waals surface area contributed by atoms with Crippen LogP contribution in [0.5, 0.6) is 0 Å². The third kappa shape index (κ3) is 10.6. The summed E-state index contributed by atoms with van der Waals surface area (Å²) in [6.45, 7) is 0. The quantitative estimate of drug-likeness (QED) is 0.102. The summed E-state index contributed by atoms with van der Waals surface area (Å²) in [6, 6.07) is 138. The Morgan fingerprint density at radius 3 is 0.267 bits per heavy atom. The van der Waals surface area contributed by atoms with Gasteiger partial charge in [0, 0.05) is 0 Å². The van der Waals surface area contributed by atoms with Crippen molar-refractivity contribution in [2.75, 3.05) is 0 Å². The minimum absolute atomic E-state index is 1.11. The van der Waals surface area contributed by atoms with Gasteiger partial charge in [-0.2, -0.15) is 0 Å². The molecule has 0 aromatic heterocycles. The van der Waals surface area contributed by atoms with Crippen LogP contribution < -0.4 is 0 Å². The zero-order valence-corrected chi connectivity index (χ0v) is 49.8. The largest absolute Gasteiger partial charge is 0.0622 e. The van der Waals surface area contributed by atoms with Crippen molar-refractivity contribution in [1.29, 1.82) is 0 Å². The monoisotopic (exact) mass is 1140 g/mol. The minimum Gasteiger partial charge on any atom is -0.0622 e. The molecule has 0 aliphatic rings. The Labute approximate surface area is 528 Å². The average molecular weight is 1140 g/mol. The third-order valence-corrected chi connectivity index (χ3v) is 17.5. The van der Waals surface area contributed by atoms with Crippen LogP contribution in [0.1, 0.15) is 0 Å². The van der Waals surface area contributed by atoms with Gasteiger partial charge in [0.1, 0.15) is 0 Å². The van der Waals surface area contributed by atoms with Gasteiger partial charge in [-0.3, -0.25) is 0 Å². The highest BCUT2D eigenvalue weighted by atomic mass is 14.3. The average Bonchev–Trinajstić information content (AvgIpc) is 0.776. The second-order valence-corrected chi connectivity index (χ2v) is 22.9. The van der Waals surface area contributed by atoms with Crippen LogP contribution in [0.25, 0.3) is 156 Å². The van der Waals surface area contributed by atoms with E-state index in [9.17, 15) is 0 Å². The van der Waals surface area contributed by atoms with Crippen molar-refractivity contribution in [2.45, 2.75) is 0 Å². The molecule has 0 aliphatic heterocycles. The van der Waals surface area contributed by atoms with E-state index in [-0.39, 0.29) is 0 Å². The van der Waals surface area contributed by atoms with Crippen molar-refractivity contribution in [1.82, 2.24) is 0 Å². The van der Waals surface area contributed by atoms with Gasteiger partial charge in [0.25, 0.3) is 0 Å². The Morgan fingerprint density at radius 2 is 0.144 bits per heavy atom. The van der Waals surface area contributed by atoms with Crippen molar-refractivity contribution in [3.63, 3.8) is 0 Å². The fourth-order valence-corrected chi connectivity index (χ4v) is 13.5. The summed E-state index contributed by atoms with van der Waals surface area (Å²) in [5.41, 5.74) is 32.4. The molecule has 0 nitrogen and oxygen atoms in total.